The third kappa shape index (κ3) is 4.22. The number of nitrogens with zero attached hydrogens (tertiary/aromatic N) is 2. The maximum absolute atomic E-state index is 13.0. The van der Waals surface area contributed by atoms with Gasteiger partial charge in [-0.05, 0) is 42.0 Å². The minimum absolute atomic E-state index is 0.211. The van der Waals surface area contributed by atoms with Crippen LogP contribution in [0.2, 0.25) is 0 Å². The van der Waals surface area contributed by atoms with E-state index in [1.54, 1.807) is 48.7 Å². The van der Waals surface area contributed by atoms with E-state index in [9.17, 15) is 13.2 Å². The second-order valence-electron chi connectivity index (χ2n) is 6.75. The van der Waals surface area contributed by atoms with Gasteiger partial charge in [0, 0.05) is 17.7 Å². The summed E-state index contributed by atoms with van der Waals surface area (Å²) in [5.74, 6) is 0.445. The number of rotatable bonds is 5. The van der Waals surface area contributed by atoms with Gasteiger partial charge in [0.15, 0.2) is 0 Å². The molecule has 1 N–H and O–H groups in total. The van der Waals surface area contributed by atoms with Crippen LogP contribution in [-0.4, -0.2) is 31.3 Å². The van der Waals surface area contributed by atoms with E-state index in [0.717, 1.165) is 17.5 Å². The fourth-order valence-corrected chi connectivity index (χ4v) is 3.80. The summed E-state index contributed by atoms with van der Waals surface area (Å²) in [5, 5.41) is 6.03. The van der Waals surface area contributed by atoms with Crippen LogP contribution in [0.1, 0.15) is 34.1 Å². The molecule has 0 spiro atoms. The van der Waals surface area contributed by atoms with Crippen molar-refractivity contribution in [3.8, 4) is 0 Å². The lowest BCUT2D eigenvalue weighted by molar-refractivity contribution is 0.0693. The normalized spacial score (nSPS) is 16.5. The minimum atomic E-state index is -3.34. The lowest BCUT2D eigenvalue weighted by atomic mass is 10.0. The van der Waals surface area contributed by atoms with Crippen molar-refractivity contribution in [3.63, 3.8) is 0 Å². The van der Waals surface area contributed by atoms with E-state index >= 15 is 0 Å². The molecule has 3 aromatic rings. The Hall–Kier alpha value is -3.39. The van der Waals surface area contributed by atoms with Crippen molar-refractivity contribution in [2.24, 2.45) is 5.10 Å². The maximum atomic E-state index is 13.0. The molecule has 0 saturated carbocycles. The van der Waals surface area contributed by atoms with Crippen LogP contribution in [0.3, 0.4) is 0 Å². The van der Waals surface area contributed by atoms with Gasteiger partial charge in [-0.15, -0.1) is 0 Å². The highest BCUT2D eigenvalue weighted by molar-refractivity contribution is 7.92. The number of hydrogen-bond acceptors (Lipinski definition) is 5. The molecule has 0 aliphatic carbocycles. The Morgan fingerprint density at radius 3 is 2.41 bits per heavy atom. The SMILES string of the molecule is CS(=O)(=O)Nc1ccc(C2=NN(C(=O)c3ccccc3)[C@H](c3ccco3)C2)cc1. The smallest absolute Gasteiger partial charge is 0.274 e. The lowest BCUT2D eigenvalue weighted by Gasteiger charge is -2.19. The van der Waals surface area contributed by atoms with Gasteiger partial charge in [-0.25, -0.2) is 13.4 Å². The number of carbonyl (C=O) groups excluding carboxylic acids is 1. The molecule has 8 heteroatoms. The summed E-state index contributed by atoms with van der Waals surface area (Å²) in [7, 11) is -3.34. The van der Waals surface area contributed by atoms with Crippen molar-refractivity contribution < 1.29 is 17.6 Å². The van der Waals surface area contributed by atoms with Crippen LogP contribution < -0.4 is 4.72 Å². The molecule has 1 atom stereocenters. The zero-order valence-corrected chi connectivity index (χ0v) is 16.5. The number of furan rings is 1. The number of amides is 1. The Balaban J connectivity index is 1.65. The van der Waals surface area contributed by atoms with Crippen molar-refractivity contribution in [2.45, 2.75) is 12.5 Å². The van der Waals surface area contributed by atoms with Crippen LogP contribution in [0.15, 0.2) is 82.5 Å². The molecule has 29 heavy (non-hydrogen) atoms. The summed E-state index contributed by atoms with van der Waals surface area (Å²) in [6.45, 7) is 0. The fourth-order valence-electron chi connectivity index (χ4n) is 3.23. The van der Waals surface area contributed by atoms with Crippen LogP contribution in [0.5, 0.6) is 0 Å². The summed E-state index contributed by atoms with van der Waals surface area (Å²) < 4.78 is 30.7. The van der Waals surface area contributed by atoms with Gasteiger partial charge in [-0.1, -0.05) is 30.3 Å². The molecule has 148 valence electrons. The van der Waals surface area contributed by atoms with E-state index < -0.39 is 10.0 Å². The Bertz CT molecular complexity index is 1140. The van der Waals surface area contributed by atoms with E-state index in [1.807, 2.05) is 24.3 Å². The largest absolute Gasteiger partial charge is 0.467 e. The van der Waals surface area contributed by atoms with Crippen molar-refractivity contribution in [3.05, 3.63) is 89.9 Å². The second-order valence-corrected chi connectivity index (χ2v) is 8.50. The van der Waals surface area contributed by atoms with Crippen LogP contribution in [-0.2, 0) is 10.0 Å². The van der Waals surface area contributed by atoms with Crippen LogP contribution >= 0.6 is 0 Å². The van der Waals surface area contributed by atoms with E-state index in [1.165, 1.54) is 5.01 Å². The zero-order chi connectivity index (χ0) is 20.4. The fraction of sp³-hybridized carbons (Fsp3) is 0.143. The molecule has 0 bridgehead atoms. The number of benzene rings is 2. The molecule has 1 aliphatic rings. The molecule has 1 amide bonds. The number of anilines is 1. The first-order valence-electron chi connectivity index (χ1n) is 8.98. The Morgan fingerprint density at radius 1 is 1.07 bits per heavy atom. The van der Waals surface area contributed by atoms with Crippen molar-refractivity contribution in [2.75, 3.05) is 11.0 Å². The standard InChI is InChI=1S/C21H19N3O4S/c1-29(26,27)23-17-11-9-15(10-12-17)18-14-19(20-8-5-13-28-20)24(22-18)21(25)16-6-3-2-4-7-16/h2-13,19,23H,14H2,1H3/t19-/m0/s1. The third-order valence-electron chi connectivity index (χ3n) is 4.53. The van der Waals surface area contributed by atoms with E-state index in [0.29, 0.717) is 23.4 Å². The molecule has 0 radical (unpaired) electrons. The highest BCUT2D eigenvalue weighted by Crippen LogP contribution is 2.34. The summed E-state index contributed by atoms with van der Waals surface area (Å²) in [4.78, 5) is 13.0. The Kier molecular flexibility index (Phi) is 4.94. The van der Waals surface area contributed by atoms with Gasteiger partial charge in [0.1, 0.15) is 11.8 Å². The highest BCUT2D eigenvalue weighted by atomic mass is 32.2. The van der Waals surface area contributed by atoms with Gasteiger partial charge in [-0.2, -0.15) is 5.10 Å². The predicted molar refractivity (Wildman–Crippen MR) is 110 cm³/mol. The second kappa shape index (κ2) is 7.56. The summed E-state index contributed by atoms with van der Waals surface area (Å²) in [6.07, 6.45) is 3.16. The van der Waals surface area contributed by atoms with E-state index in [4.69, 9.17) is 4.42 Å². The third-order valence-corrected chi connectivity index (χ3v) is 5.14. The molecule has 2 aromatic carbocycles. The number of sulfonamides is 1. The van der Waals surface area contributed by atoms with E-state index in [2.05, 4.69) is 9.82 Å². The van der Waals surface area contributed by atoms with Crippen LogP contribution in [0.25, 0.3) is 0 Å². The van der Waals surface area contributed by atoms with Crippen LogP contribution in [0.4, 0.5) is 5.69 Å². The van der Waals surface area contributed by atoms with Gasteiger partial charge in [0.25, 0.3) is 5.91 Å². The van der Waals surface area contributed by atoms with E-state index in [-0.39, 0.29) is 11.9 Å². The molecule has 1 aromatic heterocycles. The summed E-state index contributed by atoms with van der Waals surface area (Å²) in [6, 6.07) is 19.1. The first kappa shape index (κ1) is 18.9. The predicted octanol–water partition coefficient (Wildman–Crippen LogP) is 3.64. The van der Waals surface area contributed by atoms with Gasteiger partial charge in [-0.3, -0.25) is 9.52 Å². The zero-order valence-electron chi connectivity index (χ0n) is 15.6. The number of hydrazone groups is 1. The molecule has 7 nitrogen and oxygen atoms in total. The average molecular weight is 409 g/mol. The summed E-state index contributed by atoms with van der Waals surface area (Å²) >= 11 is 0. The van der Waals surface area contributed by atoms with Crippen molar-refractivity contribution in [1.82, 2.24) is 5.01 Å². The van der Waals surface area contributed by atoms with Gasteiger partial charge in [0.2, 0.25) is 10.0 Å². The molecule has 0 unspecified atom stereocenters. The molecule has 0 fully saturated rings. The Morgan fingerprint density at radius 2 is 1.79 bits per heavy atom. The van der Waals surface area contributed by atoms with Gasteiger partial charge < -0.3 is 4.42 Å². The molecule has 0 saturated heterocycles. The average Bonchev–Trinajstić information content (AvgIpc) is 3.37. The topological polar surface area (TPSA) is 92.0 Å². The van der Waals surface area contributed by atoms with Crippen molar-refractivity contribution >= 4 is 27.3 Å². The van der Waals surface area contributed by atoms with Gasteiger partial charge >= 0.3 is 0 Å². The van der Waals surface area contributed by atoms with Crippen LogP contribution in [0, 0.1) is 0 Å². The Labute approximate surface area is 168 Å². The molecule has 2 heterocycles. The first-order valence-corrected chi connectivity index (χ1v) is 10.9. The van der Waals surface area contributed by atoms with Crippen molar-refractivity contribution in [1.29, 1.82) is 0 Å². The molecule has 4 rings (SSSR count). The minimum Gasteiger partial charge on any atom is -0.467 e. The summed E-state index contributed by atoms with van der Waals surface area (Å²) in [5.41, 5.74) is 2.54. The number of hydrogen-bond donors (Lipinski definition) is 1. The number of carbonyl (C=O) groups is 1. The molecular formula is C21H19N3O4S. The molecular weight excluding hydrogens is 390 g/mol. The monoisotopic (exact) mass is 409 g/mol. The molecule has 1 aliphatic heterocycles. The van der Waals surface area contributed by atoms with Gasteiger partial charge in [0.05, 0.1) is 18.2 Å². The number of nitrogens with one attached hydrogen (secondary N) is 1. The first-order chi connectivity index (χ1) is 13.9. The maximum Gasteiger partial charge on any atom is 0.274 e. The highest BCUT2D eigenvalue weighted by Gasteiger charge is 2.35. The quantitative estimate of drug-likeness (QED) is 0.696. The lowest BCUT2D eigenvalue weighted by Crippen LogP contribution is -2.26.